The van der Waals surface area contributed by atoms with Crippen LogP contribution in [0.15, 0.2) is 4.52 Å². The topological polar surface area (TPSA) is 58.4 Å². The Morgan fingerprint density at radius 1 is 1.45 bits per heavy atom. The molecule has 1 amide bonds. The molecule has 2 rings (SSSR count). The van der Waals surface area contributed by atoms with E-state index in [1.165, 1.54) is 19.3 Å². The van der Waals surface area contributed by atoms with Gasteiger partial charge < -0.3 is 9.84 Å². The van der Waals surface area contributed by atoms with E-state index in [4.69, 9.17) is 4.52 Å². The Labute approximate surface area is 133 Å². The average molecular weight is 307 g/mol. The summed E-state index contributed by atoms with van der Waals surface area (Å²) in [5, 5.41) is 6.90. The minimum Gasteiger partial charge on any atom is -0.361 e. The van der Waals surface area contributed by atoms with Crippen LogP contribution in [0.1, 0.15) is 61.8 Å². The van der Waals surface area contributed by atoms with Crippen LogP contribution >= 0.6 is 0 Å². The second-order valence-corrected chi connectivity index (χ2v) is 7.06. The predicted molar refractivity (Wildman–Crippen MR) is 87.0 cm³/mol. The molecule has 1 atom stereocenters. The number of likely N-dealkylation sites (tertiary alicyclic amines) is 1. The van der Waals surface area contributed by atoms with Crippen LogP contribution in [0.2, 0.25) is 0 Å². The van der Waals surface area contributed by atoms with Gasteiger partial charge in [0.2, 0.25) is 0 Å². The summed E-state index contributed by atoms with van der Waals surface area (Å²) in [6, 6.07) is 0. The number of nitrogens with zero attached hydrogens (tertiary/aromatic N) is 2. The lowest BCUT2D eigenvalue weighted by atomic mass is 9.91. The summed E-state index contributed by atoms with van der Waals surface area (Å²) >= 11 is 0. The van der Waals surface area contributed by atoms with Gasteiger partial charge in [-0.05, 0) is 53.0 Å². The van der Waals surface area contributed by atoms with Crippen molar-refractivity contribution in [1.82, 2.24) is 15.4 Å². The first-order valence-electron chi connectivity index (χ1n) is 8.31. The van der Waals surface area contributed by atoms with Crippen LogP contribution in [0.4, 0.5) is 0 Å². The molecule has 124 valence electrons. The second-order valence-electron chi connectivity index (χ2n) is 7.06. The molecule has 1 fully saturated rings. The van der Waals surface area contributed by atoms with Gasteiger partial charge in [0.05, 0.1) is 5.69 Å². The van der Waals surface area contributed by atoms with Crippen molar-refractivity contribution in [3.63, 3.8) is 0 Å². The number of amides is 1. The van der Waals surface area contributed by atoms with Crippen LogP contribution in [-0.2, 0) is 0 Å². The van der Waals surface area contributed by atoms with E-state index < -0.39 is 0 Å². The van der Waals surface area contributed by atoms with Crippen molar-refractivity contribution < 1.29 is 9.32 Å². The third-order valence-electron chi connectivity index (χ3n) is 4.89. The molecule has 1 N–H and O–H groups in total. The molecular formula is C17H29N3O2. The number of carbonyl (C=O) groups excluding carboxylic acids is 1. The Kier molecular flexibility index (Phi) is 5.27. The zero-order valence-electron chi connectivity index (χ0n) is 14.5. The second kappa shape index (κ2) is 6.82. The molecule has 5 nitrogen and oxygen atoms in total. The first kappa shape index (κ1) is 17.0. The fourth-order valence-corrected chi connectivity index (χ4v) is 3.25. The highest BCUT2D eigenvalue weighted by Gasteiger charge is 2.31. The van der Waals surface area contributed by atoms with Gasteiger partial charge in [-0.25, -0.2) is 0 Å². The van der Waals surface area contributed by atoms with Gasteiger partial charge in [0.15, 0.2) is 0 Å². The number of aromatic nitrogens is 1. The van der Waals surface area contributed by atoms with Crippen LogP contribution in [0, 0.1) is 19.8 Å². The Balaban J connectivity index is 1.96. The van der Waals surface area contributed by atoms with Crippen molar-refractivity contribution in [1.29, 1.82) is 0 Å². The smallest absolute Gasteiger partial charge is 0.256 e. The van der Waals surface area contributed by atoms with Gasteiger partial charge in [-0.15, -0.1) is 0 Å². The number of nitrogens with one attached hydrogen (secondary N) is 1. The summed E-state index contributed by atoms with van der Waals surface area (Å²) < 4.78 is 5.07. The van der Waals surface area contributed by atoms with E-state index in [0.717, 1.165) is 19.0 Å². The summed E-state index contributed by atoms with van der Waals surface area (Å²) in [6.07, 6.45) is 3.81. The summed E-state index contributed by atoms with van der Waals surface area (Å²) in [5.41, 5.74) is 1.18. The third kappa shape index (κ3) is 3.69. The summed E-state index contributed by atoms with van der Waals surface area (Å²) in [4.78, 5) is 14.9. The molecule has 0 saturated carbocycles. The van der Waals surface area contributed by atoms with E-state index in [9.17, 15) is 4.79 Å². The molecule has 22 heavy (non-hydrogen) atoms. The number of aryl methyl sites for hydroxylation is 2. The quantitative estimate of drug-likeness (QED) is 0.908. The highest BCUT2D eigenvalue weighted by Crippen LogP contribution is 2.25. The van der Waals surface area contributed by atoms with E-state index in [1.54, 1.807) is 13.8 Å². The zero-order chi connectivity index (χ0) is 16.3. The van der Waals surface area contributed by atoms with E-state index >= 15 is 0 Å². The predicted octanol–water partition coefficient (Wildman–Crippen LogP) is 2.92. The normalized spacial score (nSPS) is 20.1. The molecule has 1 saturated heterocycles. The van der Waals surface area contributed by atoms with E-state index in [1.807, 2.05) is 0 Å². The van der Waals surface area contributed by atoms with Gasteiger partial charge in [-0.2, -0.15) is 0 Å². The Morgan fingerprint density at radius 3 is 2.77 bits per heavy atom. The van der Waals surface area contributed by atoms with Crippen LogP contribution in [0.5, 0.6) is 0 Å². The maximum Gasteiger partial charge on any atom is 0.256 e. The SMILES string of the molecule is CCC1CCCN(C(C)(C)CNC(=O)c2c(C)noc2C)C1. The Bertz CT molecular complexity index is 502. The van der Waals surface area contributed by atoms with Gasteiger partial charge in [-0.1, -0.05) is 18.5 Å². The first-order chi connectivity index (χ1) is 10.3. The first-order valence-corrected chi connectivity index (χ1v) is 8.31. The molecule has 1 aliphatic rings. The molecule has 0 spiro atoms. The highest BCUT2D eigenvalue weighted by atomic mass is 16.5. The van der Waals surface area contributed by atoms with Crippen molar-refractivity contribution in [3.8, 4) is 0 Å². The molecule has 0 aliphatic carbocycles. The summed E-state index contributed by atoms with van der Waals surface area (Å²) in [5.74, 6) is 1.27. The van der Waals surface area contributed by atoms with Crippen molar-refractivity contribution in [2.75, 3.05) is 19.6 Å². The molecule has 1 aromatic heterocycles. The molecule has 1 aromatic rings. The molecule has 2 heterocycles. The Morgan fingerprint density at radius 2 is 2.18 bits per heavy atom. The Hall–Kier alpha value is -1.36. The van der Waals surface area contributed by atoms with Crippen LogP contribution in [0.3, 0.4) is 0 Å². The van der Waals surface area contributed by atoms with Gasteiger partial charge in [-0.3, -0.25) is 9.69 Å². The number of carbonyl (C=O) groups is 1. The number of rotatable bonds is 5. The van der Waals surface area contributed by atoms with Crippen LogP contribution in [-0.4, -0.2) is 41.1 Å². The molecule has 0 aromatic carbocycles. The summed E-state index contributed by atoms with van der Waals surface area (Å²) in [7, 11) is 0. The highest BCUT2D eigenvalue weighted by molar-refractivity contribution is 5.96. The fraction of sp³-hybridized carbons (Fsp3) is 0.765. The fourth-order valence-electron chi connectivity index (χ4n) is 3.25. The van der Waals surface area contributed by atoms with E-state index in [-0.39, 0.29) is 11.4 Å². The van der Waals surface area contributed by atoms with Crippen molar-refractivity contribution in [3.05, 3.63) is 17.0 Å². The van der Waals surface area contributed by atoms with Crippen LogP contribution < -0.4 is 5.32 Å². The van der Waals surface area contributed by atoms with Gasteiger partial charge in [0, 0.05) is 18.6 Å². The number of hydrogen-bond donors (Lipinski definition) is 1. The van der Waals surface area contributed by atoms with E-state index in [2.05, 4.69) is 36.1 Å². The van der Waals surface area contributed by atoms with Crippen molar-refractivity contribution in [2.45, 2.75) is 59.4 Å². The monoisotopic (exact) mass is 307 g/mol. The molecule has 5 heteroatoms. The standard InChI is InChI=1S/C17H29N3O2/c1-6-14-8-7-9-20(10-14)17(4,5)11-18-16(21)15-12(2)19-22-13(15)3/h14H,6-11H2,1-5H3,(H,18,21). The number of hydrogen-bond acceptors (Lipinski definition) is 4. The minimum absolute atomic E-state index is 0.0392. The lowest BCUT2D eigenvalue weighted by Crippen LogP contribution is -2.54. The van der Waals surface area contributed by atoms with Crippen molar-refractivity contribution in [2.24, 2.45) is 5.92 Å². The molecule has 1 aliphatic heterocycles. The maximum absolute atomic E-state index is 12.4. The van der Waals surface area contributed by atoms with Crippen molar-refractivity contribution >= 4 is 5.91 Å². The molecule has 0 radical (unpaired) electrons. The van der Waals surface area contributed by atoms with Crippen LogP contribution in [0.25, 0.3) is 0 Å². The number of piperidine rings is 1. The zero-order valence-corrected chi connectivity index (χ0v) is 14.5. The molecule has 0 bridgehead atoms. The van der Waals surface area contributed by atoms with E-state index in [0.29, 0.717) is 23.6 Å². The average Bonchev–Trinajstić information content (AvgIpc) is 2.84. The van der Waals surface area contributed by atoms with Gasteiger partial charge in [0.1, 0.15) is 11.3 Å². The minimum atomic E-state index is -0.0895. The van der Waals surface area contributed by atoms with Gasteiger partial charge in [0.25, 0.3) is 5.91 Å². The lowest BCUT2D eigenvalue weighted by Gasteiger charge is -2.43. The molecular weight excluding hydrogens is 278 g/mol. The third-order valence-corrected chi connectivity index (χ3v) is 4.89. The maximum atomic E-state index is 12.4. The largest absolute Gasteiger partial charge is 0.361 e. The summed E-state index contributed by atoms with van der Waals surface area (Å²) in [6.45, 7) is 13.1. The molecule has 1 unspecified atom stereocenters. The lowest BCUT2D eigenvalue weighted by molar-refractivity contribution is 0.0611. The van der Waals surface area contributed by atoms with Gasteiger partial charge >= 0.3 is 0 Å².